The van der Waals surface area contributed by atoms with E-state index in [1.54, 1.807) is 6.20 Å². The van der Waals surface area contributed by atoms with E-state index in [0.29, 0.717) is 5.56 Å². The Morgan fingerprint density at radius 3 is 2.28 bits per heavy atom. The van der Waals surface area contributed by atoms with Crippen molar-refractivity contribution in [2.24, 2.45) is 0 Å². The molecule has 166 valence electrons. The molecule has 0 aliphatic rings. The summed E-state index contributed by atoms with van der Waals surface area (Å²) in [5.74, 6) is 0. The minimum atomic E-state index is -4.37. The van der Waals surface area contributed by atoms with Crippen LogP contribution in [0.4, 0.5) is 13.2 Å². The van der Waals surface area contributed by atoms with Gasteiger partial charge in [0.1, 0.15) is 6.04 Å². The minimum absolute atomic E-state index is 0.154. The van der Waals surface area contributed by atoms with E-state index < -0.39 is 12.2 Å². The Labute approximate surface area is 190 Å². The van der Waals surface area contributed by atoms with Gasteiger partial charge in [0.15, 0.2) is 0 Å². The molecular weight excluding hydrogens is 429 g/mol. The van der Waals surface area contributed by atoms with Gasteiger partial charge in [-0.3, -0.25) is 0 Å². The molecule has 4 aromatic rings. The van der Waals surface area contributed by atoms with E-state index in [-0.39, 0.29) is 6.42 Å². The van der Waals surface area contributed by atoms with Crippen molar-refractivity contribution in [3.8, 4) is 11.1 Å². The lowest BCUT2D eigenvalue weighted by Gasteiger charge is -2.22. The van der Waals surface area contributed by atoms with Crippen LogP contribution in [0, 0.1) is 20.8 Å². The molecule has 0 spiro atoms. The van der Waals surface area contributed by atoms with Crippen molar-refractivity contribution < 1.29 is 13.2 Å². The molecule has 0 saturated heterocycles. The van der Waals surface area contributed by atoms with Crippen LogP contribution in [0.2, 0.25) is 0 Å². The normalized spacial score (nSPS) is 12.9. The number of halogens is 3. The molecule has 1 heterocycles. The monoisotopic (exact) mass is 454 g/mol. The maximum Gasteiger partial charge on any atom is 0.405 e. The number of rotatable bonds is 6. The first-order valence-electron chi connectivity index (χ1n) is 10.5. The van der Waals surface area contributed by atoms with Crippen molar-refractivity contribution >= 4 is 22.9 Å². The van der Waals surface area contributed by atoms with E-state index in [1.165, 1.54) is 0 Å². The van der Waals surface area contributed by atoms with Crippen LogP contribution in [0.25, 0.3) is 22.0 Å². The van der Waals surface area contributed by atoms with Gasteiger partial charge in [-0.2, -0.15) is 13.2 Å². The number of hydrogen-bond acceptors (Lipinski definition) is 2. The fourth-order valence-corrected chi connectivity index (χ4v) is 5.06. The van der Waals surface area contributed by atoms with Crippen LogP contribution in [0.5, 0.6) is 0 Å². The summed E-state index contributed by atoms with van der Waals surface area (Å²) in [6, 6.07) is 17.9. The molecule has 1 aromatic heterocycles. The molecule has 32 heavy (non-hydrogen) atoms. The van der Waals surface area contributed by atoms with Crippen molar-refractivity contribution in [1.82, 2.24) is 9.71 Å². The van der Waals surface area contributed by atoms with Gasteiger partial charge in [-0.25, -0.2) is 4.72 Å². The van der Waals surface area contributed by atoms with E-state index in [0.717, 1.165) is 55.6 Å². The largest absolute Gasteiger partial charge is 0.405 e. The maximum atomic E-state index is 13.9. The van der Waals surface area contributed by atoms with Crippen molar-refractivity contribution in [3.05, 3.63) is 89.1 Å². The van der Waals surface area contributed by atoms with Crippen LogP contribution in [-0.2, 0) is 6.42 Å². The zero-order valence-corrected chi connectivity index (χ0v) is 19.0. The Bertz CT molecular complexity index is 1210. The molecule has 2 N–H and O–H groups in total. The van der Waals surface area contributed by atoms with Crippen LogP contribution >= 0.6 is 11.9 Å². The molecule has 0 fully saturated rings. The van der Waals surface area contributed by atoms with Gasteiger partial charge in [0.25, 0.3) is 0 Å². The van der Waals surface area contributed by atoms with Gasteiger partial charge < -0.3 is 4.98 Å². The fourth-order valence-electron chi connectivity index (χ4n) is 4.14. The Balaban J connectivity index is 1.62. The average molecular weight is 455 g/mol. The molecule has 6 heteroatoms. The topological polar surface area (TPSA) is 27.8 Å². The van der Waals surface area contributed by atoms with Crippen LogP contribution in [0.1, 0.15) is 22.3 Å². The van der Waals surface area contributed by atoms with E-state index in [1.807, 2.05) is 81.4 Å². The molecule has 1 atom stereocenters. The van der Waals surface area contributed by atoms with Gasteiger partial charge >= 0.3 is 6.18 Å². The number of alkyl halides is 3. The quantitative estimate of drug-likeness (QED) is 0.295. The van der Waals surface area contributed by atoms with Gasteiger partial charge in [-0.05, 0) is 61.4 Å². The molecule has 1 unspecified atom stereocenters. The second-order valence-electron chi connectivity index (χ2n) is 8.15. The fraction of sp³-hybridized carbons (Fsp3) is 0.231. The summed E-state index contributed by atoms with van der Waals surface area (Å²) < 4.78 is 44.5. The first kappa shape index (κ1) is 22.5. The second kappa shape index (κ2) is 9.04. The first-order chi connectivity index (χ1) is 15.2. The zero-order valence-electron chi connectivity index (χ0n) is 18.2. The van der Waals surface area contributed by atoms with Gasteiger partial charge in [-0.1, -0.05) is 66.2 Å². The van der Waals surface area contributed by atoms with Gasteiger partial charge in [-0.15, -0.1) is 0 Å². The summed E-state index contributed by atoms with van der Waals surface area (Å²) in [5.41, 5.74) is 6.55. The third-order valence-electron chi connectivity index (χ3n) is 5.61. The molecule has 0 bridgehead atoms. The molecule has 0 aliphatic heterocycles. The smallest absolute Gasteiger partial charge is 0.360 e. The predicted octanol–water partition coefficient (Wildman–Crippen LogP) is 7.53. The molecule has 0 aliphatic carbocycles. The summed E-state index contributed by atoms with van der Waals surface area (Å²) in [4.78, 5) is 4.05. The molecule has 3 aromatic carbocycles. The van der Waals surface area contributed by atoms with Crippen LogP contribution in [0.15, 0.2) is 71.8 Å². The van der Waals surface area contributed by atoms with E-state index in [4.69, 9.17) is 0 Å². The number of para-hydroxylation sites is 1. The molecule has 0 radical (unpaired) electrons. The number of aromatic nitrogens is 1. The van der Waals surface area contributed by atoms with Crippen molar-refractivity contribution in [3.63, 3.8) is 0 Å². The van der Waals surface area contributed by atoms with Gasteiger partial charge in [0, 0.05) is 22.0 Å². The SMILES string of the molecule is Cc1cc(C)c(SNC(Cc2c[nH]c3c(-c4ccccc4)cccc23)C(F)(F)F)c(C)c1. The number of aromatic amines is 1. The highest BCUT2D eigenvalue weighted by Gasteiger charge is 2.40. The molecule has 0 saturated carbocycles. The molecular formula is C26H25F3N2S. The highest BCUT2D eigenvalue weighted by molar-refractivity contribution is 7.97. The number of benzene rings is 3. The number of fused-ring (bicyclic) bond motifs is 1. The summed E-state index contributed by atoms with van der Waals surface area (Å²) in [5, 5.41) is 0.815. The predicted molar refractivity (Wildman–Crippen MR) is 127 cm³/mol. The third-order valence-corrected chi connectivity index (χ3v) is 6.86. The van der Waals surface area contributed by atoms with Crippen molar-refractivity contribution in [1.29, 1.82) is 0 Å². The van der Waals surface area contributed by atoms with E-state index in [9.17, 15) is 13.2 Å². The van der Waals surface area contributed by atoms with Crippen molar-refractivity contribution in [2.75, 3.05) is 0 Å². The zero-order chi connectivity index (χ0) is 22.9. The highest BCUT2D eigenvalue weighted by atomic mass is 32.2. The molecule has 4 rings (SSSR count). The second-order valence-corrected chi connectivity index (χ2v) is 9.00. The number of aryl methyl sites for hydroxylation is 3. The molecule has 2 nitrogen and oxygen atoms in total. The average Bonchev–Trinajstić information content (AvgIpc) is 3.15. The van der Waals surface area contributed by atoms with Gasteiger partial charge in [0.05, 0.1) is 5.52 Å². The van der Waals surface area contributed by atoms with Crippen LogP contribution in [0.3, 0.4) is 0 Å². The summed E-state index contributed by atoms with van der Waals surface area (Å²) >= 11 is 1.06. The Morgan fingerprint density at radius 1 is 0.938 bits per heavy atom. The lowest BCUT2D eigenvalue weighted by atomic mass is 10.00. The highest BCUT2D eigenvalue weighted by Crippen LogP contribution is 2.34. The number of H-pyrrole nitrogens is 1. The third kappa shape index (κ3) is 4.71. The minimum Gasteiger partial charge on any atom is -0.360 e. The number of nitrogens with one attached hydrogen (secondary N) is 2. The Morgan fingerprint density at radius 2 is 1.62 bits per heavy atom. The van der Waals surface area contributed by atoms with Crippen LogP contribution in [-0.4, -0.2) is 17.2 Å². The Hall–Kier alpha value is -2.70. The lowest BCUT2D eigenvalue weighted by Crippen LogP contribution is -2.40. The lowest BCUT2D eigenvalue weighted by molar-refractivity contribution is -0.150. The van der Waals surface area contributed by atoms with Gasteiger partial charge in [0.2, 0.25) is 0 Å². The summed E-state index contributed by atoms with van der Waals surface area (Å²) in [6.07, 6.45) is -2.83. The summed E-state index contributed by atoms with van der Waals surface area (Å²) in [6.45, 7) is 5.84. The van der Waals surface area contributed by atoms with Crippen molar-refractivity contribution in [2.45, 2.75) is 44.3 Å². The van der Waals surface area contributed by atoms with E-state index in [2.05, 4.69) is 9.71 Å². The Kier molecular flexibility index (Phi) is 6.35. The first-order valence-corrected chi connectivity index (χ1v) is 11.3. The van der Waals surface area contributed by atoms with E-state index >= 15 is 0 Å². The van der Waals surface area contributed by atoms with Crippen LogP contribution < -0.4 is 4.72 Å². The standard InChI is InChI=1S/C26H25F3N2S/c1-16-12-17(2)25(18(3)13-16)32-31-23(26(27,28)29)14-20-15-30-24-21(10-7-11-22(20)24)19-8-5-4-6-9-19/h4-13,15,23,30-31H,14H2,1-3H3. The summed E-state index contributed by atoms with van der Waals surface area (Å²) in [7, 11) is 0. The maximum absolute atomic E-state index is 13.9. The molecule has 0 amide bonds. The number of hydrogen-bond donors (Lipinski definition) is 2.